The number of carbonyl (C=O) groups excluding carboxylic acids is 1. The van der Waals surface area contributed by atoms with Gasteiger partial charge in [-0.3, -0.25) is 9.69 Å². The van der Waals surface area contributed by atoms with E-state index in [1.165, 1.54) is 11.1 Å². The Morgan fingerprint density at radius 2 is 1.77 bits per heavy atom. The number of carbonyl (C=O) groups is 1. The van der Waals surface area contributed by atoms with Crippen LogP contribution in [-0.2, 0) is 6.54 Å². The minimum absolute atomic E-state index is 0.0333. The van der Waals surface area contributed by atoms with Crippen molar-refractivity contribution in [3.8, 4) is 0 Å². The predicted octanol–water partition coefficient (Wildman–Crippen LogP) is 3.50. The number of aromatic nitrogens is 1. The Labute approximate surface area is 154 Å². The molecule has 1 amide bonds. The zero-order valence-electron chi connectivity index (χ0n) is 15.1. The average molecular weight is 345 g/mol. The van der Waals surface area contributed by atoms with Crippen molar-refractivity contribution >= 4 is 16.8 Å². The highest BCUT2D eigenvalue weighted by molar-refractivity contribution is 5.95. The minimum Gasteiger partial charge on any atom is -0.335 e. The quantitative estimate of drug-likeness (QED) is 0.729. The number of amides is 1. The molecule has 1 aliphatic rings. The summed E-state index contributed by atoms with van der Waals surface area (Å²) in [6.45, 7) is 6.35. The molecule has 1 fully saturated rings. The van der Waals surface area contributed by atoms with Gasteiger partial charge in [-0.05, 0) is 24.6 Å². The summed E-state index contributed by atoms with van der Waals surface area (Å²) in [5.41, 5.74) is 4.03. The maximum atomic E-state index is 12.8. The van der Waals surface area contributed by atoms with E-state index in [-0.39, 0.29) is 5.91 Å². The molecular formula is C22H23N3O. The minimum atomic E-state index is 0.0333. The van der Waals surface area contributed by atoms with Crippen LogP contribution in [-0.4, -0.2) is 46.9 Å². The van der Waals surface area contributed by atoms with Crippen LogP contribution in [0, 0.1) is 6.92 Å². The third kappa shape index (κ3) is 3.60. The van der Waals surface area contributed by atoms with Crippen molar-refractivity contribution in [3.05, 3.63) is 77.5 Å². The number of hydrogen-bond acceptors (Lipinski definition) is 3. The Kier molecular flexibility index (Phi) is 4.67. The molecule has 0 bridgehead atoms. The first kappa shape index (κ1) is 16.7. The van der Waals surface area contributed by atoms with Gasteiger partial charge in [0.1, 0.15) is 5.69 Å². The number of fused-ring (bicyclic) bond motifs is 1. The summed E-state index contributed by atoms with van der Waals surface area (Å²) in [5, 5.41) is 1.06. The third-order valence-corrected chi connectivity index (χ3v) is 4.97. The molecule has 132 valence electrons. The van der Waals surface area contributed by atoms with Gasteiger partial charge in [-0.15, -0.1) is 0 Å². The number of aryl methyl sites for hydroxylation is 1. The maximum Gasteiger partial charge on any atom is 0.272 e. The first-order valence-corrected chi connectivity index (χ1v) is 9.12. The molecule has 0 radical (unpaired) electrons. The highest BCUT2D eigenvalue weighted by atomic mass is 16.2. The summed E-state index contributed by atoms with van der Waals surface area (Å²) >= 11 is 0. The van der Waals surface area contributed by atoms with Gasteiger partial charge in [-0.2, -0.15) is 0 Å². The third-order valence-electron chi connectivity index (χ3n) is 4.97. The first-order valence-electron chi connectivity index (χ1n) is 9.12. The van der Waals surface area contributed by atoms with Gasteiger partial charge in [0, 0.05) is 38.1 Å². The van der Waals surface area contributed by atoms with Crippen LogP contribution >= 0.6 is 0 Å². The van der Waals surface area contributed by atoms with Crippen molar-refractivity contribution in [1.29, 1.82) is 0 Å². The lowest BCUT2D eigenvalue weighted by atomic mass is 10.1. The van der Waals surface area contributed by atoms with E-state index >= 15 is 0 Å². The Morgan fingerprint density at radius 1 is 0.962 bits per heavy atom. The Balaban J connectivity index is 1.39. The van der Waals surface area contributed by atoms with Gasteiger partial charge in [0.15, 0.2) is 0 Å². The molecule has 0 atom stereocenters. The summed E-state index contributed by atoms with van der Waals surface area (Å²) in [5.74, 6) is 0.0333. The van der Waals surface area contributed by atoms with E-state index in [0.717, 1.165) is 43.6 Å². The van der Waals surface area contributed by atoms with Crippen molar-refractivity contribution in [2.24, 2.45) is 0 Å². The van der Waals surface area contributed by atoms with Crippen LogP contribution in [0.25, 0.3) is 10.9 Å². The lowest BCUT2D eigenvalue weighted by Gasteiger charge is -2.34. The molecule has 1 aliphatic heterocycles. The van der Waals surface area contributed by atoms with Gasteiger partial charge >= 0.3 is 0 Å². The number of nitrogens with zero attached hydrogens (tertiary/aromatic N) is 3. The summed E-state index contributed by atoms with van der Waals surface area (Å²) in [6.07, 6.45) is 0. The first-order chi connectivity index (χ1) is 12.7. The number of piperazine rings is 1. The molecule has 2 aromatic carbocycles. The Morgan fingerprint density at radius 3 is 2.58 bits per heavy atom. The predicted molar refractivity (Wildman–Crippen MR) is 104 cm³/mol. The maximum absolute atomic E-state index is 12.8. The second kappa shape index (κ2) is 7.26. The molecule has 0 saturated carbocycles. The molecule has 2 heterocycles. The van der Waals surface area contributed by atoms with Crippen molar-refractivity contribution in [1.82, 2.24) is 14.8 Å². The fourth-order valence-corrected chi connectivity index (χ4v) is 3.52. The van der Waals surface area contributed by atoms with Crippen molar-refractivity contribution in [2.75, 3.05) is 26.2 Å². The Hall–Kier alpha value is -2.72. The average Bonchev–Trinajstić information content (AvgIpc) is 2.68. The zero-order chi connectivity index (χ0) is 17.9. The lowest BCUT2D eigenvalue weighted by molar-refractivity contribution is 0.0623. The highest BCUT2D eigenvalue weighted by Crippen LogP contribution is 2.15. The van der Waals surface area contributed by atoms with Crippen LogP contribution in [0.4, 0.5) is 0 Å². The fourth-order valence-electron chi connectivity index (χ4n) is 3.52. The largest absolute Gasteiger partial charge is 0.335 e. The van der Waals surface area contributed by atoms with Crippen molar-refractivity contribution in [3.63, 3.8) is 0 Å². The summed E-state index contributed by atoms with van der Waals surface area (Å²) in [4.78, 5) is 21.7. The molecule has 0 aliphatic carbocycles. The SMILES string of the molecule is Cc1cccc(CN2CCN(C(=O)c3ccc4ccccc4n3)CC2)c1. The molecule has 1 saturated heterocycles. The molecule has 0 unspecified atom stereocenters. The van der Waals surface area contributed by atoms with E-state index < -0.39 is 0 Å². The van der Waals surface area contributed by atoms with E-state index in [0.29, 0.717) is 5.69 Å². The summed E-state index contributed by atoms with van der Waals surface area (Å²) < 4.78 is 0. The number of hydrogen-bond donors (Lipinski definition) is 0. The topological polar surface area (TPSA) is 36.4 Å². The van der Waals surface area contributed by atoms with Gasteiger partial charge in [-0.25, -0.2) is 4.98 Å². The van der Waals surface area contributed by atoms with Gasteiger partial charge in [0.25, 0.3) is 5.91 Å². The standard InChI is InChI=1S/C22H23N3O/c1-17-5-4-6-18(15-17)16-24-11-13-25(14-12-24)22(26)21-10-9-19-7-2-3-8-20(19)23-21/h2-10,15H,11-14,16H2,1H3. The molecular weight excluding hydrogens is 322 g/mol. The molecule has 1 aromatic heterocycles. The number of rotatable bonds is 3. The van der Waals surface area contributed by atoms with Gasteiger partial charge < -0.3 is 4.90 Å². The zero-order valence-corrected chi connectivity index (χ0v) is 15.1. The summed E-state index contributed by atoms with van der Waals surface area (Å²) in [6, 6.07) is 20.3. The molecule has 3 aromatic rings. The van der Waals surface area contributed by atoms with Crippen LogP contribution in [0.3, 0.4) is 0 Å². The van der Waals surface area contributed by atoms with Crippen LogP contribution in [0.2, 0.25) is 0 Å². The monoisotopic (exact) mass is 345 g/mol. The van der Waals surface area contributed by atoms with Gasteiger partial charge in [0.2, 0.25) is 0 Å². The second-order valence-electron chi connectivity index (χ2n) is 6.95. The highest BCUT2D eigenvalue weighted by Gasteiger charge is 2.23. The molecule has 4 rings (SSSR count). The normalized spacial score (nSPS) is 15.3. The van der Waals surface area contributed by atoms with E-state index in [1.807, 2.05) is 41.3 Å². The number of pyridine rings is 1. The summed E-state index contributed by atoms with van der Waals surface area (Å²) in [7, 11) is 0. The molecule has 0 N–H and O–H groups in total. The number of para-hydroxylation sites is 1. The molecule has 4 nitrogen and oxygen atoms in total. The van der Waals surface area contributed by atoms with E-state index in [2.05, 4.69) is 41.1 Å². The lowest BCUT2D eigenvalue weighted by Crippen LogP contribution is -2.48. The fraction of sp³-hybridized carbons (Fsp3) is 0.273. The van der Waals surface area contributed by atoms with Crippen LogP contribution in [0.1, 0.15) is 21.6 Å². The Bertz CT molecular complexity index is 929. The van der Waals surface area contributed by atoms with Crippen LogP contribution in [0.5, 0.6) is 0 Å². The van der Waals surface area contributed by atoms with E-state index in [4.69, 9.17) is 0 Å². The van der Waals surface area contributed by atoms with Crippen LogP contribution < -0.4 is 0 Å². The van der Waals surface area contributed by atoms with E-state index in [9.17, 15) is 4.79 Å². The van der Waals surface area contributed by atoms with Crippen molar-refractivity contribution < 1.29 is 4.79 Å². The van der Waals surface area contributed by atoms with Gasteiger partial charge in [-0.1, -0.05) is 54.1 Å². The smallest absolute Gasteiger partial charge is 0.272 e. The second-order valence-corrected chi connectivity index (χ2v) is 6.95. The van der Waals surface area contributed by atoms with Crippen molar-refractivity contribution in [2.45, 2.75) is 13.5 Å². The molecule has 4 heteroatoms. The molecule has 26 heavy (non-hydrogen) atoms. The number of benzene rings is 2. The van der Waals surface area contributed by atoms with Gasteiger partial charge in [0.05, 0.1) is 5.52 Å². The van der Waals surface area contributed by atoms with E-state index in [1.54, 1.807) is 0 Å². The van der Waals surface area contributed by atoms with Crippen LogP contribution in [0.15, 0.2) is 60.7 Å². The molecule has 0 spiro atoms.